The average molecular weight is 527 g/mol. The van der Waals surface area contributed by atoms with E-state index >= 15 is 0 Å². The topological polar surface area (TPSA) is 102 Å². The Labute approximate surface area is 229 Å². The maximum Gasteiger partial charge on any atom is 0.443 e. The molecule has 40 heavy (non-hydrogen) atoms. The molecule has 194 valence electrons. The number of fused-ring (bicyclic) bond motifs is 2. The molecule has 0 amide bonds. The molecule has 0 saturated carbocycles. The number of carbonyl (C=O) groups excluding carboxylic acids is 2. The molecular weight excluding hydrogens is 504 g/mol. The lowest BCUT2D eigenvalue weighted by molar-refractivity contribution is -0.164. The van der Waals surface area contributed by atoms with Crippen molar-refractivity contribution in [2.24, 2.45) is 0 Å². The molecule has 0 fully saturated rings. The van der Waals surface area contributed by atoms with Gasteiger partial charge in [0.05, 0.1) is 33.8 Å². The average Bonchev–Trinajstić information content (AvgIpc) is 3.02. The van der Waals surface area contributed by atoms with Gasteiger partial charge in [-0.1, -0.05) is 97.1 Å². The molecule has 6 aromatic rings. The van der Waals surface area contributed by atoms with Crippen molar-refractivity contribution < 1.29 is 19.3 Å². The van der Waals surface area contributed by atoms with Crippen LogP contribution >= 0.6 is 0 Å². The summed E-state index contributed by atoms with van der Waals surface area (Å²) in [5.41, 5.74) is 10.7. The number of anilines is 2. The van der Waals surface area contributed by atoms with E-state index in [9.17, 15) is 9.59 Å². The molecule has 4 aromatic carbocycles. The van der Waals surface area contributed by atoms with Gasteiger partial charge in [0.1, 0.15) is 0 Å². The van der Waals surface area contributed by atoms with Crippen LogP contribution in [0.15, 0.2) is 121 Å². The summed E-state index contributed by atoms with van der Waals surface area (Å²) in [5, 5.41) is 1.44. The first-order valence-corrected chi connectivity index (χ1v) is 12.5. The Morgan fingerprint density at radius 3 is 1.30 bits per heavy atom. The lowest BCUT2D eigenvalue weighted by Crippen LogP contribution is -2.25. The van der Waals surface area contributed by atoms with Gasteiger partial charge in [-0.25, -0.2) is 30.5 Å². The monoisotopic (exact) mass is 526 g/mol. The zero-order valence-electron chi connectivity index (χ0n) is 21.1. The van der Waals surface area contributed by atoms with Crippen LogP contribution in [0.2, 0.25) is 0 Å². The van der Waals surface area contributed by atoms with E-state index in [0.717, 1.165) is 21.9 Å². The number of rotatable bonds is 6. The quantitative estimate of drug-likeness (QED) is 0.186. The molecule has 0 aliphatic carbocycles. The number of benzene rings is 4. The fraction of sp³-hybridized carbons (Fsp3) is 0. The highest BCUT2D eigenvalue weighted by Crippen LogP contribution is 2.29. The minimum absolute atomic E-state index is 0.478. The zero-order chi connectivity index (χ0) is 27.3. The predicted octanol–water partition coefficient (Wildman–Crippen LogP) is 6.56. The summed E-state index contributed by atoms with van der Waals surface area (Å²) >= 11 is 0. The Balaban J connectivity index is 1.19. The summed E-state index contributed by atoms with van der Waals surface area (Å²) in [6.07, 6.45) is 0. The van der Waals surface area contributed by atoms with Gasteiger partial charge in [-0.2, -0.15) is 0 Å². The van der Waals surface area contributed by atoms with E-state index in [2.05, 4.69) is 11.0 Å². The second kappa shape index (κ2) is 10.9. The molecular formula is C32H22N4O4. The predicted molar refractivity (Wildman–Crippen MR) is 154 cm³/mol. The lowest BCUT2D eigenvalue weighted by atomic mass is 10.1. The van der Waals surface area contributed by atoms with E-state index in [1.54, 1.807) is 12.1 Å². The van der Waals surface area contributed by atoms with E-state index < -0.39 is 11.9 Å². The summed E-state index contributed by atoms with van der Waals surface area (Å²) < 4.78 is 0. The molecule has 6 rings (SSSR count). The van der Waals surface area contributed by atoms with E-state index in [1.807, 2.05) is 109 Å². The van der Waals surface area contributed by atoms with Crippen LogP contribution < -0.4 is 11.0 Å². The van der Waals surface area contributed by atoms with Crippen LogP contribution in [0.1, 0.15) is 0 Å². The number of para-hydroxylation sites is 2. The first kappa shape index (κ1) is 24.6. The summed E-state index contributed by atoms with van der Waals surface area (Å²) in [5.74, 6) is -2.45. The van der Waals surface area contributed by atoms with E-state index in [-0.39, 0.29) is 0 Å². The fourth-order valence-electron chi connectivity index (χ4n) is 4.32. The van der Waals surface area contributed by atoms with Crippen molar-refractivity contribution >= 4 is 45.1 Å². The van der Waals surface area contributed by atoms with Crippen LogP contribution in [-0.4, -0.2) is 21.9 Å². The number of hydrogen-bond donors (Lipinski definition) is 2. The third-order valence-electron chi connectivity index (χ3n) is 6.25. The Morgan fingerprint density at radius 1 is 0.500 bits per heavy atom. The van der Waals surface area contributed by atoms with Gasteiger partial charge in [-0.15, -0.1) is 0 Å². The molecule has 0 bridgehead atoms. The van der Waals surface area contributed by atoms with Crippen molar-refractivity contribution in [1.82, 2.24) is 9.97 Å². The molecule has 2 N–H and O–H groups in total. The number of aromatic nitrogens is 2. The molecule has 0 aliphatic heterocycles. The Morgan fingerprint density at radius 2 is 0.875 bits per heavy atom. The van der Waals surface area contributed by atoms with Crippen molar-refractivity contribution in [3.8, 4) is 22.5 Å². The van der Waals surface area contributed by atoms with Gasteiger partial charge in [-0.05, 0) is 24.3 Å². The molecule has 0 aliphatic rings. The highest BCUT2D eigenvalue weighted by atomic mass is 16.7. The van der Waals surface area contributed by atoms with Gasteiger partial charge in [0.2, 0.25) is 0 Å². The normalized spacial score (nSPS) is 10.7. The second-order valence-corrected chi connectivity index (χ2v) is 8.86. The van der Waals surface area contributed by atoms with Crippen LogP contribution in [0, 0.1) is 0 Å². The Kier molecular flexibility index (Phi) is 6.71. The molecule has 0 spiro atoms. The first-order valence-electron chi connectivity index (χ1n) is 12.5. The van der Waals surface area contributed by atoms with Crippen molar-refractivity contribution in [3.63, 3.8) is 0 Å². The molecule has 8 nitrogen and oxygen atoms in total. The first-order chi connectivity index (χ1) is 19.7. The summed E-state index contributed by atoms with van der Waals surface area (Å²) in [6.45, 7) is 0. The number of hydrogen-bond acceptors (Lipinski definition) is 8. The Hall–Kier alpha value is -5.76. The second-order valence-electron chi connectivity index (χ2n) is 8.86. The largest absolute Gasteiger partial charge is 0.443 e. The van der Waals surface area contributed by atoms with Crippen LogP contribution in [0.4, 0.5) is 11.4 Å². The fourth-order valence-corrected chi connectivity index (χ4v) is 4.32. The number of pyridine rings is 2. The van der Waals surface area contributed by atoms with E-state index in [4.69, 9.17) is 19.6 Å². The number of carbonyl (C=O) groups is 2. The summed E-state index contributed by atoms with van der Waals surface area (Å²) in [4.78, 5) is 44.7. The standard InChI is InChI=1S/C32H22N4O4/c37-31(39-35-29-19-27(21-11-3-1-4-12-21)33-25-17-9-7-15-23(25)29)32(38)40-36-30-20-28(22-13-5-2-6-14-22)34-26-18-10-8-16-24(26)30/h1-20H,(H,33,35)(H,34,36). The summed E-state index contributed by atoms with van der Waals surface area (Å²) in [6, 6.07) is 37.6. The maximum absolute atomic E-state index is 12.6. The van der Waals surface area contributed by atoms with Gasteiger partial charge in [0, 0.05) is 21.9 Å². The van der Waals surface area contributed by atoms with Crippen LogP contribution in [0.5, 0.6) is 0 Å². The minimum Gasteiger partial charge on any atom is -0.332 e. The molecule has 0 atom stereocenters. The molecule has 0 saturated heterocycles. The molecule has 2 heterocycles. The van der Waals surface area contributed by atoms with Crippen LogP contribution in [0.25, 0.3) is 44.3 Å². The number of nitrogens with one attached hydrogen (secondary N) is 2. The summed E-state index contributed by atoms with van der Waals surface area (Å²) in [7, 11) is 0. The van der Waals surface area contributed by atoms with Crippen molar-refractivity contribution in [1.29, 1.82) is 0 Å². The smallest absolute Gasteiger partial charge is 0.332 e. The maximum atomic E-state index is 12.6. The van der Waals surface area contributed by atoms with Gasteiger partial charge in [0.15, 0.2) is 0 Å². The molecule has 8 heteroatoms. The van der Waals surface area contributed by atoms with Gasteiger partial charge in [0.25, 0.3) is 0 Å². The van der Waals surface area contributed by atoms with Crippen LogP contribution in [-0.2, 0) is 19.3 Å². The zero-order valence-corrected chi connectivity index (χ0v) is 21.1. The SMILES string of the molecule is O=C(ONc1cc(-c2ccccc2)nc2ccccc12)C(=O)ONc1cc(-c2ccccc2)nc2ccccc12. The molecule has 0 radical (unpaired) electrons. The highest BCUT2D eigenvalue weighted by Gasteiger charge is 2.20. The van der Waals surface area contributed by atoms with Crippen molar-refractivity contribution in [2.75, 3.05) is 11.0 Å². The minimum atomic E-state index is -1.23. The van der Waals surface area contributed by atoms with Gasteiger partial charge >= 0.3 is 11.9 Å². The highest BCUT2D eigenvalue weighted by molar-refractivity contribution is 6.30. The molecule has 0 unspecified atom stereocenters. The van der Waals surface area contributed by atoms with Crippen molar-refractivity contribution in [2.45, 2.75) is 0 Å². The molecule has 2 aromatic heterocycles. The van der Waals surface area contributed by atoms with Gasteiger partial charge in [-0.3, -0.25) is 0 Å². The van der Waals surface area contributed by atoms with Gasteiger partial charge < -0.3 is 9.68 Å². The van der Waals surface area contributed by atoms with Crippen LogP contribution in [0.3, 0.4) is 0 Å². The van der Waals surface area contributed by atoms with Crippen molar-refractivity contribution in [3.05, 3.63) is 121 Å². The third-order valence-corrected chi connectivity index (χ3v) is 6.25. The van der Waals surface area contributed by atoms with E-state index in [0.29, 0.717) is 33.8 Å². The lowest BCUT2D eigenvalue weighted by Gasteiger charge is -2.13. The number of nitrogens with zero attached hydrogens (tertiary/aromatic N) is 2. The Bertz CT molecular complexity index is 1710. The van der Waals surface area contributed by atoms with E-state index in [1.165, 1.54) is 0 Å². The third kappa shape index (κ3) is 5.14.